The zero-order valence-electron chi connectivity index (χ0n) is 14.5. The molecule has 1 aromatic rings. The van der Waals surface area contributed by atoms with Crippen LogP contribution in [-0.4, -0.2) is 57.4 Å². The van der Waals surface area contributed by atoms with Gasteiger partial charge in [-0.1, -0.05) is 18.2 Å². The Labute approximate surface area is 157 Å². The lowest BCUT2D eigenvalue weighted by atomic mass is 10.3. The summed E-state index contributed by atoms with van der Waals surface area (Å²) in [5.41, 5.74) is 0. The first-order chi connectivity index (χ1) is 10.8. The fourth-order valence-corrected chi connectivity index (χ4v) is 1.89. The molecule has 5 nitrogen and oxygen atoms in total. The maximum atomic E-state index is 5.72. The number of benzene rings is 1. The molecule has 0 atom stereocenters. The smallest absolute Gasteiger partial charge is 0.193 e. The van der Waals surface area contributed by atoms with E-state index in [1.165, 1.54) is 0 Å². The zero-order valence-corrected chi connectivity index (χ0v) is 16.8. The summed E-state index contributed by atoms with van der Waals surface area (Å²) >= 11 is 0. The van der Waals surface area contributed by atoms with Crippen molar-refractivity contribution in [2.45, 2.75) is 20.3 Å². The van der Waals surface area contributed by atoms with E-state index < -0.39 is 0 Å². The topological polar surface area (TPSA) is 46.1 Å². The molecule has 1 aromatic carbocycles. The van der Waals surface area contributed by atoms with E-state index in [2.05, 4.69) is 22.1 Å². The van der Waals surface area contributed by atoms with Gasteiger partial charge in [0.05, 0.1) is 6.54 Å². The predicted octanol–water partition coefficient (Wildman–Crippen LogP) is 3.01. The van der Waals surface area contributed by atoms with Gasteiger partial charge in [0.1, 0.15) is 12.4 Å². The summed E-state index contributed by atoms with van der Waals surface area (Å²) in [5.74, 6) is 1.81. The van der Waals surface area contributed by atoms with E-state index in [1.807, 2.05) is 44.3 Å². The van der Waals surface area contributed by atoms with Crippen LogP contribution in [0.5, 0.6) is 5.75 Å². The molecular formula is C17H30IN3O2. The first-order valence-corrected chi connectivity index (χ1v) is 8.03. The normalized spacial score (nSPS) is 10.8. The van der Waals surface area contributed by atoms with Gasteiger partial charge in [-0.15, -0.1) is 24.0 Å². The SMILES string of the molecule is CCNC(=NCCCOCC)N(C)CCOc1ccccc1.I. The number of hydrogen-bond acceptors (Lipinski definition) is 3. The highest BCUT2D eigenvalue weighted by Gasteiger charge is 2.05. The number of ether oxygens (including phenoxy) is 2. The number of aliphatic imine (C=N–C) groups is 1. The van der Waals surface area contributed by atoms with Gasteiger partial charge in [-0.2, -0.15) is 0 Å². The second-order valence-electron chi connectivity index (χ2n) is 4.87. The average Bonchev–Trinajstić information content (AvgIpc) is 2.54. The van der Waals surface area contributed by atoms with Gasteiger partial charge in [0.15, 0.2) is 5.96 Å². The van der Waals surface area contributed by atoms with Crippen LogP contribution in [0.2, 0.25) is 0 Å². The number of nitrogens with zero attached hydrogens (tertiary/aromatic N) is 2. The van der Waals surface area contributed by atoms with E-state index in [0.29, 0.717) is 6.61 Å². The Hall–Kier alpha value is -1.02. The lowest BCUT2D eigenvalue weighted by Gasteiger charge is -2.22. The Morgan fingerprint density at radius 1 is 1.17 bits per heavy atom. The fraction of sp³-hybridized carbons (Fsp3) is 0.588. The Bertz CT molecular complexity index is 416. The van der Waals surface area contributed by atoms with Gasteiger partial charge in [0.2, 0.25) is 0 Å². The fourth-order valence-electron chi connectivity index (χ4n) is 1.89. The maximum Gasteiger partial charge on any atom is 0.193 e. The van der Waals surface area contributed by atoms with Gasteiger partial charge in [-0.25, -0.2) is 0 Å². The first kappa shape index (κ1) is 22.0. The molecule has 0 spiro atoms. The molecule has 0 amide bonds. The van der Waals surface area contributed by atoms with Crippen molar-refractivity contribution in [1.82, 2.24) is 10.2 Å². The van der Waals surface area contributed by atoms with Crippen molar-refractivity contribution >= 4 is 29.9 Å². The third-order valence-corrected chi connectivity index (χ3v) is 3.05. The summed E-state index contributed by atoms with van der Waals surface area (Å²) in [7, 11) is 2.03. The van der Waals surface area contributed by atoms with Crippen LogP contribution in [0, 0.1) is 0 Å². The van der Waals surface area contributed by atoms with E-state index in [4.69, 9.17) is 9.47 Å². The summed E-state index contributed by atoms with van der Waals surface area (Å²) in [4.78, 5) is 6.70. The van der Waals surface area contributed by atoms with Crippen molar-refractivity contribution in [3.63, 3.8) is 0 Å². The van der Waals surface area contributed by atoms with Gasteiger partial charge in [-0.05, 0) is 32.4 Å². The Balaban J connectivity index is 0.00000484. The lowest BCUT2D eigenvalue weighted by molar-refractivity contribution is 0.146. The molecule has 132 valence electrons. The third kappa shape index (κ3) is 10.4. The molecule has 0 heterocycles. The average molecular weight is 435 g/mol. The summed E-state index contributed by atoms with van der Waals surface area (Å²) in [5, 5.41) is 3.30. The number of halogens is 1. The van der Waals surface area contributed by atoms with Crippen LogP contribution in [0.15, 0.2) is 35.3 Å². The van der Waals surface area contributed by atoms with Gasteiger partial charge in [0.25, 0.3) is 0 Å². The number of hydrogen-bond donors (Lipinski definition) is 1. The molecule has 1 N–H and O–H groups in total. The van der Waals surface area contributed by atoms with Gasteiger partial charge < -0.3 is 19.7 Å². The molecule has 0 aliphatic carbocycles. The van der Waals surface area contributed by atoms with Gasteiger partial charge in [-0.3, -0.25) is 4.99 Å². The molecule has 0 radical (unpaired) electrons. The van der Waals surface area contributed by atoms with Crippen molar-refractivity contribution in [1.29, 1.82) is 0 Å². The zero-order chi connectivity index (χ0) is 16.0. The Kier molecular flexibility index (Phi) is 13.9. The highest BCUT2D eigenvalue weighted by molar-refractivity contribution is 14.0. The molecule has 0 aliphatic heterocycles. The molecule has 0 bridgehead atoms. The lowest BCUT2D eigenvalue weighted by Crippen LogP contribution is -2.41. The molecule has 6 heteroatoms. The predicted molar refractivity (Wildman–Crippen MR) is 107 cm³/mol. The van der Waals surface area contributed by atoms with Crippen LogP contribution in [0.1, 0.15) is 20.3 Å². The van der Waals surface area contributed by atoms with Crippen LogP contribution in [-0.2, 0) is 4.74 Å². The minimum atomic E-state index is 0. The largest absolute Gasteiger partial charge is 0.492 e. The number of guanidine groups is 1. The highest BCUT2D eigenvalue weighted by atomic mass is 127. The van der Waals surface area contributed by atoms with Crippen LogP contribution in [0.4, 0.5) is 0 Å². The van der Waals surface area contributed by atoms with Crippen molar-refractivity contribution in [2.24, 2.45) is 4.99 Å². The molecule has 0 aliphatic rings. The molecule has 1 rings (SSSR count). The van der Waals surface area contributed by atoms with E-state index in [-0.39, 0.29) is 24.0 Å². The number of nitrogens with one attached hydrogen (secondary N) is 1. The van der Waals surface area contributed by atoms with Crippen LogP contribution in [0.25, 0.3) is 0 Å². The third-order valence-electron chi connectivity index (χ3n) is 3.05. The van der Waals surface area contributed by atoms with Crippen LogP contribution >= 0.6 is 24.0 Å². The van der Waals surface area contributed by atoms with Crippen LogP contribution in [0.3, 0.4) is 0 Å². The summed E-state index contributed by atoms with van der Waals surface area (Å²) in [6.45, 7) is 8.65. The second-order valence-corrected chi connectivity index (χ2v) is 4.87. The molecule has 23 heavy (non-hydrogen) atoms. The van der Waals surface area contributed by atoms with Crippen LogP contribution < -0.4 is 10.1 Å². The maximum absolute atomic E-state index is 5.72. The van der Waals surface area contributed by atoms with Crippen molar-refractivity contribution < 1.29 is 9.47 Å². The standard InChI is InChI=1S/C17H29N3O2.HI/c1-4-18-17(19-12-9-14-21-5-2)20(3)13-15-22-16-10-7-6-8-11-16;/h6-8,10-11H,4-5,9,12-15H2,1-3H3,(H,18,19);1H. The minimum Gasteiger partial charge on any atom is -0.492 e. The summed E-state index contributed by atoms with van der Waals surface area (Å²) in [6, 6.07) is 9.86. The van der Waals surface area contributed by atoms with Crippen molar-refractivity contribution in [3.8, 4) is 5.75 Å². The second kappa shape index (κ2) is 14.6. The van der Waals surface area contributed by atoms with Gasteiger partial charge >= 0.3 is 0 Å². The number of rotatable bonds is 10. The number of likely N-dealkylation sites (N-methyl/N-ethyl adjacent to an activating group) is 1. The molecule has 0 saturated heterocycles. The van der Waals surface area contributed by atoms with Gasteiger partial charge in [0, 0.05) is 33.4 Å². The number of para-hydroxylation sites is 1. The minimum absolute atomic E-state index is 0. The molecule has 0 saturated carbocycles. The molecule has 0 aromatic heterocycles. The Morgan fingerprint density at radius 3 is 2.57 bits per heavy atom. The quantitative estimate of drug-likeness (QED) is 0.266. The van der Waals surface area contributed by atoms with E-state index >= 15 is 0 Å². The summed E-state index contributed by atoms with van der Waals surface area (Å²) in [6.07, 6.45) is 0.942. The molecule has 0 fully saturated rings. The molecular weight excluding hydrogens is 405 g/mol. The monoisotopic (exact) mass is 435 g/mol. The first-order valence-electron chi connectivity index (χ1n) is 8.03. The summed E-state index contributed by atoms with van der Waals surface area (Å²) < 4.78 is 11.0. The van der Waals surface area contributed by atoms with E-state index in [0.717, 1.165) is 51.0 Å². The van der Waals surface area contributed by atoms with E-state index in [9.17, 15) is 0 Å². The van der Waals surface area contributed by atoms with Crippen molar-refractivity contribution in [3.05, 3.63) is 30.3 Å². The highest BCUT2D eigenvalue weighted by Crippen LogP contribution is 2.07. The van der Waals surface area contributed by atoms with Crippen molar-refractivity contribution in [2.75, 3.05) is 46.5 Å². The van der Waals surface area contributed by atoms with E-state index in [1.54, 1.807) is 0 Å². The molecule has 0 unspecified atom stereocenters. The Morgan fingerprint density at radius 2 is 1.91 bits per heavy atom.